The molecule has 2 aromatic carbocycles. The Morgan fingerprint density at radius 2 is 1.42 bits per heavy atom. The number of hydrogen-bond donors (Lipinski definition) is 2. The maximum Gasteiger partial charge on any atom is 0.253 e. The van der Waals surface area contributed by atoms with Gasteiger partial charge < -0.3 is 25.3 Å². The van der Waals surface area contributed by atoms with Crippen LogP contribution in [0.2, 0.25) is 0 Å². The van der Waals surface area contributed by atoms with Crippen molar-refractivity contribution in [3.63, 3.8) is 0 Å². The lowest BCUT2D eigenvalue weighted by Crippen LogP contribution is -2.49. The van der Waals surface area contributed by atoms with Crippen LogP contribution in [0.3, 0.4) is 0 Å². The molecule has 2 aliphatic heterocycles. The molecule has 8 nitrogen and oxygen atoms in total. The summed E-state index contributed by atoms with van der Waals surface area (Å²) < 4.78 is 0. The summed E-state index contributed by atoms with van der Waals surface area (Å²) in [6, 6.07) is 15.1. The zero-order valence-electron chi connectivity index (χ0n) is 22.2. The van der Waals surface area contributed by atoms with Crippen LogP contribution in [-0.4, -0.2) is 79.9 Å². The van der Waals surface area contributed by atoms with E-state index in [0.29, 0.717) is 49.5 Å². The molecule has 0 atom stereocenters. The first kappa shape index (κ1) is 26.2. The van der Waals surface area contributed by atoms with E-state index in [1.165, 1.54) is 6.42 Å². The van der Waals surface area contributed by atoms with Crippen LogP contribution in [0.1, 0.15) is 59.2 Å². The molecule has 5 rings (SSSR count). The zero-order valence-corrected chi connectivity index (χ0v) is 22.2. The van der Waals surface area contributed by atoms with Crippen molar-refractivity contribution in [2.75, 3.05) is 62.6 Å². The highest BCUT2D eigenvalue weighted by Crippen LogP contribution is 2.31. The number of amides is 3. The Bertz CT molecular complexity index is 1120. The lowest BCUT2D eigenvalue weighted by Gasteiger charge is -2.37. The molecule has 0 unspecified atom stereocenters. The molecule has 2 saturated heterocycles. The summed E-state index contributed by atoms with van der Waals surface area (Å²) in [5.41, 5.74) is 2.91. The van der Waals surface area contributed by atoms with Crippen molar-refractivity contribution in [3.8, 4) is 0 Å². The monoisotopic (exact) mass is 517 g/mol. The number of carbonyl (C=O) groups excluding carboxylic acids is 3. The lowest BCUT2D eigenvalue weighted by molar-refractivity contribution is -0.120. The Morgan fingerprint density at radius 1 is 0.711 bits per heavy atom. The minimum absolute atomic E-state index is 0.00620. The lowest BCUT2D eigenvalue weighted by atomic mass is 9.88. The summed E-state index contributed by atoms with van der Waals surface area (Å²) in [6.07, 6.45) is 6.13. The van der Waals surface area contributed by atoms with E-state index in [-0.39, 0.29) is 23.6 Å². The SMILES string of the molecule is O=C(Nc1cc(C(=O)N2CCCNCC2)ccc1N1CCN(C(=O)c2ccccc2)CC1)C1CCCCC1. The molecule has 38 heavy (non-hydrogen) atoms. The largest absolute Gasteiger partial charge is 0.366 e. The zero-order chi connectivity index (χ0) is 26.3. The van der Waals surface area contributed by atoms with E-state index in [1.807, 2.05) is 58.3 Å². The summed E-state index contributed by atoms with van der Waals surface area (Å²) >= 11 is 0. The first-order valence-corrected chi connectivity index (χ1v) is 14.1. The molecule has 3 aliphatic rings. The highest BCUT2D eigenvalue weighted by Gasteiger charge is 2.27. The third kappa shape index (κ3) is 6.18. The topological polar surface area (TPSA) is 85.0 Å². The van der Waals surface area contributed by atoms with E-state index in [0.717, 1.165) is 57.4 Å². The van der Waals surface area contributed by atoms with Crippen molar-refractivity contribution in [3.05, 3.63) is 59.7 Å². The second-order valence-electron chi connectivity index (χ2n) is 10.6. The molecule has 202 valence electrons. The Hall–Kier alpha value is -3.39. The second kappa shape index (κ2) is 12.4. The molecule has 3 amide bonds. The summed E-state index contributed by atoms with van der Waals surface area (Å²) in [4.78, 5) is 45.5. The van der Waals surface area contributed by atoms with Crippen LogP contribution in [0.25, 0.3) is 0 Å². The number of hydrogen-bond acceptors (Lipinski definition) is 5. The third-order valence-electron chi connectivity index (χ3n) is 8.03. The standard InChI is InChI=1S/C30H39N5O3/c36-28(23-8-3-1-4-9-23)32-26-22-25(30(38)34-16-7-14-31-15-17-34)12-13-27(26)33-18-20-35(21-19-33)29(37)24-10-5-2-6-11-24/h2,5-6,10-13,22-23,31H,1,3-4,7-9,14-21H2,(H,32,36). The molecule has 2 N–H and O–H groups in total. The fourth-order valence-corrected chi connectivity index (χ4v) is 5.79. The van der Waals surface area contributed by atoms with Crippen LogP contribution in [0.5, 0.6) is 0 Å². The fraction of sp³-hybridized carbons (Fsp3) is 0.500. The van der Waals surface area contributed by atoms with Gasteiger partial charge >= 0.3 is 0 Å². The Labute approximate surface area is 225 Å². The quantitative estimate of drug-likeness (QED) is 0.633. The average Bonchev–Trinajstić information content (AvgIpc) is 3.27. The maximum atomic E-state index is 13.4. The Kier molecular flexibility index (Phi) is 8.58. The maximum absolute atomic E-state index is 13.4. The van der Waals surface area contributed by atoms with Gasteiger partial charge in [0.2, 0.25) is 5.91 Å². The van der Waals surface area contributed by atoms with Gasteiger partial charge in [0, 0.05) is 62.9 Å². The van der Waals surface area contributed by atoms with Crippen LogP contribution in [0.15, 0.2) is 48.5 Å². The van der Waals surface area contributed by atoms with E-state index in [1.54, 1.807) is 0 Å². The van der Waals surface area contributed by atoms with Crippen LogP contribution in [0.4, 0.5) is 11.4 Å². The van der Waals surface area contributed by atoms with Gasteiger partial charge in [-0.2, -0.15) is 0 Å². The smallest absolute Gasteiger partial charge is 0.253 e. The van der Waals surface area contributed by atoms with Crippen molar-refractivity contribution < 1.29 is 14.4 Å². The van der Waals surface area contributed by atoms with Crippen molar-refractivity contribution in [2.24, 2.45) is 5.92 Å². The van der Waals surface area contributed by atoms with Gasteiger partial charge in [-0.05, 0) is 56.1 Å². The van der Waals surface area contributed by atoms with Gasteiger partial charge in [-0.25, -0.2) is 0 Å². The number of rotatable bonds is 5. The third-order valence-corrected chi connectivity index (χ3v) is 8.03. The number of anilines is 2. The van der Waals surface area contributed by atoms with Gasteiger partial charge in [0.25, 0.3) is 11.8 Å². The van der Waals surface area contributed by atoms with Crippen LogP contribution >= 0.6 is 0 Å². The number of benzene rings is 2. The number of carbonyl (C=O) groups is 3. The molecule has 0 radical (unpaired) electrons. The molecular weight excluding hydrogens is 478 g/mol. The molecule has 8 heteroatoms. The van der Waals surface area contributed by atoms with Gasteiger partial charge in [0.05, 0.1) is 11.4 Å². The number of nitrogens with zero attached hydrogens (tertiary/aromatic N) is 3. The van der Waals surface area contributed by atoms with E-state index in [4.69, 9.17) is 0 Å². The highest BCUT2D eigenvalue weighted by atomic mass is 16.2. The first-order chi connectivity index (χ1) is 18.6. The molecule has 1 aliphatic carbocycles. The van der Waals surface area contributed by atoms with Gasteiger partial charge in [-0.15, -0.1) is 0 Å². The Morgan fingerprint density at radius 3 is 2.18 bits per heavy atom. The molecule has 0 spiro atoms. The molecule has 2 heterocycles. The molecule has 1 saturated carbocycles. The number of piperazine rings is 1. The fourth-order valence-electron chi connectivity index (χ4n) is 5.79. The van der Waals surface area contributed by atoms with E-state index < -0.39 is 0 Å². The van der Waals surface area contributed by atoms with Gasteiger partial charge in [0.1, 0.15) is 0 Å². The predicted molar refractivity (Wildman–Crippen MR) is 150 cm³/mol. The van der Waals surface area contributed by atoms with Crippen LogP contribution < -0.4 is 15.5 Å². The van der Waals surface area contributed by atoms with E-state index >= 15 is 0 Å². The Balaban J connectivity index is 1.34. The van der Waals surface area contributed by atoms with E-state index in [2.05, 4.69) is 15.5 Å². The van der Waals surface area contributed by atoms with Crippen LogP contribution in [-0.2, 0) is 4.79 Å². The normalized spacial score (nSPS) is 19.1. The molecule has 3 fully saturated rings. The first-order valence-electron chi connectivity index (χ1n) is 14.1. The molecule has 2 aromatic rings. The molecular formula is C30H39N5O3. The summed E-state index contributed by atoms with van der Waals surface area (Å²) in [6.45, 7) is 5.66. The predicted octanol–water partition coefficient (Wildman–Crippen LogP) is 3.60. The molecule has 0 bridgehead atoms. The summed E-state index contributed by atoms with van der Waals surface area (Å²) in [7, 11) is 0. The van der Waals surface area contributed by atoms with Gasteiger partial charge in [-0.3, -0.25) is 14.4 Å². The van der Waals surface area contributed by atoms with Crippen molar-refractivity contribution in [1.82, 2.24) is 15.1 Å². The summed E-state index contributed by atoms with van der Waals surface area (Å²) in [5, 5.41) is 6.55. The minimum atomic E-state index is 0.00620. The second-order valence-corrected chi connectivity index (χ2v) is 10.6. The van der Waals surface area contributed by atoms with Gasteiger partial charge in [-0.1, -0.05) is 37.5 Å². The van der Waals surface area contributed by atoms with Crippen molar-refractivity contribution >= 4 is 29.1 Å². The summed E-state index contributed by atoms with van der Waals surface area (Å²) in [5.74, 6) is 0.121. The van der Waals surface area contributed by atoms with Crippen molar-refractivity contribution in [1.29, 1.82) is 0 Å². The van der Waals surface area contributed by atoms with E-state index in [9.17, 15) is 14.4 Å². The van der Waals surface area contributed by atoms with Crippen LogP contribution in [0, 0.1) is 5.92 Å². The van der Waals surface area contributed by atoms with Crippen molar-refractivity contribution in [2.45, 2.75) is 38.5 Å². The highest BCUT2D eigenvalue weighted by molar-refractivity contribution is 6.00. The number of nitrogens with one attached hydrogen (secondary N) is 2. The minimum Gasteiger partial charge on any atom is -0.366 e. The average molecular weight is 518 g/mol. The van der Waals surface area contributed by atoms with Gasteiger partial charge in [0.15, 0.2) is 0 Å². The molecule has 0 aromatic heterocycles.